The molecule has 0 bridgehead atoms. The first-order valence-electron chi connectivity index (χ1n) is 15.1. The maximum absolute atomic E-state index is 13.6. The first kappa shape index (κ1) is 31.6. The van der Waals surface area contributed by atoms with Crippen LogP contribution < -0.4 is 15.5 Å². The van der Waals surface area contributed by atoms with Gasteiger partial charge in [0.2, 0.25) is 5.91 Å². The van der Waals surface area contributed by atoms with E-state index in [1.54, 1.807) is 6.07 Å². The fraction of sp³-hybridized carbons (Fsp3) is 0.545. The summed E-state index contributed by atoms with van der Waals surface area (Å²) in [5.74, 6) is 1.27. The van der Waals surface area contributed by atoms with Gasteiger partial charge in [-0.3, -0.25) is 9.59 Å². The third-order valence-electron chi connectivity index (χ3n) is 8.81. The number of fused-ring (bicyclic) bond motifs is 1. The number of halogens is 2. The Hall–Kier alpha value is -2.81. The van der Waals surface area contributed by atoms with Crippen molar-refractivity contribution in [3.63, 3.8) is 0 Å². The van der Waals surface area contributed by atoms with E-state index in [0.29, 0.717) is 53.1 Å². The number of rotatable bonds is 7. The van der Waals surface area contributed by atoms with E-state index in [1.165, 1.54) is 0 Å². The van der Waals surface area contributed by atoms with Gasteiger partial charge >= 0.3 is 0 Å². The highest BCUT2D eigenvalue weighted by Gasteiger charge is 2.38. The number of nitrogens with zero attached hydrogens (tertiary/aromatic N) is 3. The van der Waals surface area contributed by atoms with E-state index in [4.69, 9.17) is 28.2 Å². The zero-order valence-corrected chi connectivity index (χ0v) is 27.5. The van der Waals surface area contributed by atoms with E-state index in [1.807, 2.05) is 62.4 Å². The second-order valence-electron chi connectivity index (χ2n) is 13.8. The lowest BCUT2D eigenvalue weighted by atomic mass is 9.87. The second-order valence-corrected chi connectivity index (χ2v) is 14.6. The largest absolute Gasteiger partial charge is 0.386 e. The number of anilines is 1. The molecule has 2 aliphatic rings. The molecule has 1 aromatic heterocycles. The number of benzene rings is 2. The van der Waals surface area contributed by atoms with Crippen LogP contribution in [0, 0.1) is 11.3 Å². The van der Waals surface area contributed by atoms with Crippen LogP contribution in [0.15, 0.2) is 24.3 Å². The Kier molecular flexibility index (Phi) is 8.78. The summed E-state index contributed by atoms with van der Waals surface area (Å²) in [4.78, 5) is 33.1. The van der Waals surface area contributed by atoms with Gasteiger partial charge in [0.1, 0.15) is 5.82 Å². The van der Waals surface area contributed by atoms with E-state index >= 15 is 0 Å². The van der Waals surface area contributed by atoms with E-state index in [2.05, 4.69) is 17.6 Å². The normalized spacial score (nSPS) is 20.2. The summed E-state index contributed by atoms with van der Waals surface area (Å²) in [5, 5.41) is 17.7. The summed E-state index contributed by atoms with van der Waals surface area (Å²) in [7, 11) is 1.94. The van der Waals surface area contributed by atoms with Crippen LogP contribution in [-0.2, 0) is 24.8 Å². The maximum atomic E-state index is 13.6. The van der Waals surface area contributed by atoms with Crippen LogP contribution in [0.5, 0.6) is 0 Å². The number of amides is 2. The van der Waals surface area contributed by atoms with Crippen molar-refractivity contribution in [2.45, 2.75) is 84.9 Å². The molecule has 0 unspecified atom stereocenters. The van der Waals surface area contributed by atoms with Gasteiger partial charge in [0.25, 0.3) is 5.91 Å². The summed E-state index contributed by atoms with van der Waals surface area (Å²) in [5.41, 5.74) is 3.15. The van der Waals surface area contributed by atoms with Gasteiger partial charge in [-0.2, -0.15) is 0 Å². The van der Waals surface area contributed by atoms with E-state index in [0.717, 1.165) is 53.8 Å². The molecule has 0 spiro atoms. The molecule has 2 aromatic carbocycles. The first-order chi connectivity index (χ1) is 20.1. The third kappa shape index (κ3) is 6.81. The van der Waals surface area contributed by atoms with Gasteiger partial charge in [-0.25, -0.2) is 4.98 Å². The SMILES string of the molecule is CC1CCC(NC(=O)c2cc3nc(Cc4c(Cl)ccc(CNC(=O)C(C)(C)C)c4Cl)n(C)c3cc2N2CC(C)(O)C2)CC1. The van der Waals surface area contributed by atoms with Crippen molar-refractivity contribution in [1.82, 2.24) is 20.2 Å². The highest BCUT2D eigenvalue weighted by atomic mass is 35.5. The van der Waals surface area contributed by atoms with E-state index < -0.39 is 11.0 Å². The zero-order chi connectivity index (χ0) is 31.3. The molecule has 43 heavy (non-hydrogen) atoms. The average Bonchev–Trinajstić information content (AvgIpc) is 3.23. The van der Waals surface area contributed by atoms with Gasteiger partial charge in [0, 0.05) is 49.6 Å². The zero-order valence-electron chi connectivity index (χ0n) is 26.0. The molecule has 3 aromatic rings. The minimum Gasteiger partial charge on any atom is -0.386 e. The summed E-state index contributed by atoms with van der Waals surface area (Å²) >= 11 is 13.5. The molecule has 1 saturated heterocycles. The van der Waals surface area contributed by atoms with Crippen LogP contribution in [-0.4, -0.2) is 51.2 Å². The average molecular weight is 629 g/mol. The molecular weight excluding hydrogens is 585 g/mol. The number of carbonyl (C=O) groups is 2. The molecule has 0 atom stereocenters. The monoisotopic (exact) mass is 627 g/mol. The van der Waals surface area contributed by atoms with Gasteiger partial charge in [-0.1, -0.05) is 57.0 Å². The van der Waals surface area contributed by atoms with Crippen molar-refractivity contribution in [3.05, 3.63) is 56.8 Å². The number of imidazole rings is 1. The predicted molar refractivity (Wildman–Crippen MR) is 173 cm³/mol. The molecule has 1 aliphatic heterocycles. The van der Waals surface area contributed by atoms with Crippen LogP contribution in [0.3, 0.4) is 0 Å². The Morgan fingerprint density at radius 2 is 1.79 bits per heavy atom. The molecule has 10 heteroatoms. The second kappa shape index (κ2) is 11.9. The van der Waals surface area contributed by atoms with Gasteiger partial charge in [-0.15, -0.1) is 0 Å². The predicted octanol–water partition coefficient (Wildman–Crippen LogP) is 6.01. The van der Waals surface area contributed by atoms with Crippen LogP contribution >= 0.6 is 23.2 Å². The Labute approximate surface area is 264 Å². The number of hydrogen-bond acceptors (Lipinski definition) is 5. The Morgan fingerprint density at radius 3 is 2.42 bits per heavy atom. The lowest BCUT2D eigenvalue weighted by Gasteiger charge is -2.46. The number of aliphatic hydroxyl groups is 1. The molecule has 1 aliphatic carbocycles. The molecule has 232 valence electrons. The Morgan fingerprint density at radius 1 is 1.12 bits per heavy atom. The summed E-state index contributed by atoms with van der Waals surface area (Å²) in [6.45, 7) is 10.9. The minimum absolute atomic E-state index is 0.0622. The summed E-state index contributed by atoms with van der Waals surface area (Å²) in [6.07, 6.45) is 4.57. The molecule has 1 saturated carbocycles. The molecule has 3 N–H and O–H groups in total. The van der Waals surface area contributed by atoms with Crippen molar-refractivity contribution in [3.8, 4) is 0 Å². The minimum atomic E-state index is -0.787. The van der Waals surface area contributed by atoms with Crippen molar-refractivity contribution >= 4 is 51.7 Å². The molecule has 2 amide bonds. The standard InChI is InChI=1S/C33H43Cl2N5O3/c1-19-7-10-21(11-8-19)37-30(41)23-13-25-27(15-26(23)40-17-33(5,43)18-40)39(6)28(38-25)14-22-24(34)12-9-20(29(22)35)16-36-31(42)32(2,3)4/h9,12-13,15,19,21,43H,7-8,10-11,14,16-18H2,1-6H3,(H,36,42)(H,37,41). The molecule has 8 nitrogen and oxygen atoms in total. The fourth-order valence-corrected chi connectivity index (χ4v) is 6.61. The first-order valence-corrected chi connectivity index (χ1v) is 15.9. The van der Waals surface area contributed by atoms with E-state index in [9.17, 15) is 14.7 Å². The van der Waals surface area contributed by atoms with Gasteiger partial charge < -0.3 is 25.2 Å². The van der Waals surface area contributed by atoms with Crippen LogP contribution in [0.25, 0.3) is 11.0 Å². The number of β-amino-alcohol motifs (C(OH)–C–C–N with tert-alkyl or cyclic N) is 1. The van der Waals surface area contributed by atoms with Gasteiger partial charge in [0.15, 0.2) is 0 Å². The van der Waals surface area contributed by atoms with E-state index in [-0.39, 0.29) is 17.9 Å². The van der Waals surface area contributed by atoms with Crippen molar-refractivity contribution in [1.29, 1.82) is 0 Å². The Balaban J connectivity index is 1.45. The molecule has 5 rings (SSSR count). The lowest BCUT2D eigenvalue weighted by Crippen LogP contribution is -2.60. The van der Waals surface area contributed by atoms with Crippen molar-refractivity contribution in [2.75, 3.05) is 18.0 Å². The maximum Gasteiger partial charge on any atom is 0.253 e. The van der Waals surface area contributed by atoms with Crippen LogP contribution in [0.1, 0.15) is 87.6 Å². The van der Waals surface area contributed by atoms with Crippen LogP contribution in [0.2, 0.25) is 10.0 Å². The van der Waals surface area contributed by atoms with Crippen LogP contribution in [0.4, 0.5) is 5.69 Å². The quantitative estimate of drug-likeness (QED) is 0.298. The highest BCUT2D eigenvalue weighted by molar-refractivity contribution is 6.36. The highest BCUT2D eigenvalue weighted by Crippen LogP contribution is 2.36. The molecule has 0 radical (unpaired) electrons. The molecule has 2 fully saturated rings. The van der Waals surface area contributed by atoms with Crippen molar-refractivity contribution < 1.29 is 14.7 Å². The van der Waals surface area contributed by atoms with Gasteiger partial charge in [0.05, 0.1) is 32.9 Å². The Bertz CT molecular complexity index is 1540. The lowest BCUT2D eigenvalue weighted by molar-refractivity contribution is -0.128. The fourth-order valence-electron chi connectivity index (χ4n) is 6.04. The number of nitrogens with one attached hydrogen (secondary N) is 2. The van der Waals surface area contributed by atoms with Crippen molar-refractivity contribution in [2.24, 2.45) is 18.4 Å². The number of aromatic nitrogens is 2. The summed E-state index contributed by atoms with van der Waals surface area (Å²) in [6, 6.07) is 7.66. The smallest absolute Gasteiger partial charge is 0.253 e. The van der Waals surface area contributed by atoms with Gasteiger partial charge in [-0.05, 0) is 67.9 Å². The molecule has 2 heterocycles. The third-order valence-corrected chi connectivity index (χ3v) is 9.64. The number of aryl methyl sites for hydroxylation is 1. The topological polar surface area (TPSA) is 99.5 Å². The summed E-state index contributed by atoms with van der Waals surface area (Å²) < 4.78 is 2.00. The number of hydrogen-bond donors (Lipinski definition) is 3. The number of carbonyl (C=O) groups excluding carboxylic acids is 2. The molecular formula is C33H43Cl2N5O3.